The third-order valence-corrected chi connectivity index (χ3v) is 3.52. The Hall–Kier alpha value is -2.18. The smallest absolute Gasteiger partial charge is 0.407 e. The fourth-order valence-electron chi connectivity index (χ4n) is 2.38. The van der Waals surface area contributed by atoms with Gasteiger partial charge in [-0.3, -0.25) is 4.79 Å². The number of nitrogens with one attached hydrogen (secondary N) is 2. The first-order valence-electron chi connectivity index (χ1n) is 8.45. The number of alkyl carbamates (subject to hydrolysis) is 1. The van der Waals surface area contributed by atoms with Crippen molar-refractivity contribution in [3.05, 3.63) is 35.4 Å². The number of benzene rings is 1. The second-order valence-electron chi connectivity index (χ2n) is 6.24. The third-order valence-electron chi connectivity index (χ3n) is 3.52. The van der Waals surface area contributed by atoms with E-state index in [0.717, 1.165) is 12.1 Å². The van der Waals surface area contributed by atoms with E-state index < -0.39 is 17.7 Å². The molecule has 1 unspecified atom stereocenters. The van der Waals surface area contributed by atoms with Crippen LogP contribution in [-0.4, -0.2) is 31.2 Å². The molecule has 140 valence electrons. The van der Waals surface area contributed by atoms with E-state index in [1.807, 2.05) is 13.8 Å². The lowest BCUT2D eigenvalue weighted by atomic mass is 10.0. The molecule has 0 radical (unpaired) electrons. The van der Waals surface area contributed by atoms with Gasteiger partial charge in [-0.05, 0) is 43.4 Å². The molecule has 25 heavy (non-hydrogen) atoms. The Morgan fingerprint density at radius 1 is 1.20 bits per heavy atom. The minimum Gasteiger partial charge on any atom is -0.450 e. The molecule has 0 fully saturated rings. The molecule has 0 saturated carbocycles. The van der Waals surface area contributed by atoms with Gasteiger partial charge in [-0.25, -0.2) is 13.6 Å². The quantitative estimate of drug-likeness (QED) is 0.714. The zero-order valence-electron chi connectivity index (χ0n) is 14.9. The Kier molecular flexibility index (Phi) is 8.88. The van der Waals surface area contributed by atoms with Gasteiger partial charge in [0, 0.05) is 19.0 Å². The molecule has 1 aromatic rings. The predicted molar refractivity (Wildman–Crippen MR) is 91.1 cm³/mol. The molecule has 0 aliphatic rings. The van der Waals surface area contributed by atoms with Crippen molar-refractivity contribution in [2.75, 3.05) is 13.2 Å². The second-order valence-corrected chi connectivity index (χ2v) is 6.24. The van der Waals surface area contributed by atoms with Crippen molar-refractivity contribution in [3.63, 3.8) is 0 Å². The molecule has 0 bridgehead atoms. The van der Waals surface area contributed by atoms with E-state index in [9.17, 15) is 18.4 Å². The molecule has 0 aliphatic heterocycles. The van der Waals surface area contributed by atoms with E-state index in [1.165, 1.54) is 6.07 Å². The normalized spacial score (nSPS) is 11.9. The summed E-state index contributed by atoms with van der Waals surface area (Å²) in [6.07, 6.45) is 0.647. The zero-order chi connectivity index (χ0) is 18.8. The first-order valence-corrected chi connectivity index (χ1v) is 8.45. The highest BCUT2D eigenvalue weighted by Crippen LogP contribution is 2.10. The average molecular weight is 356 g/mol. The van der Waals surface area contributed by atoms with Crippen LogP contribution in [0.15, 0.2) is 18.2 Å². The van der Waals surface area contributed by atoms with Crippen LogP contribution in [0.25, 0.3) is 0 Å². The highest BCUT2D eigenvalue weighted by Gasteiger charge is 2.16. The number of aryl methyl sites for hydroxylation is 1. The molecular formula is C18H26F2N2O3. The van der Waals surface area contributed by atoms with Gasteiger partial charge in [-0.1, -0.05) is 19.9 Å². The molecule has 2 N–H and O–H groups in total. The third kappa shape index (κ3) is 8.47. The zero-order valence-corrected chi connectivity index (χ0v) is 14.9. The van der Waals surface area contributed by atoms with Gasteiger partial charge in [-0.2, -0.15) is 0 Å². The van der Waals surface area contributed by atoms with Crippen LogP contribution in [0.1, 0.15) is 39.2 Å². The number of hydrogen-bond acceptors (Lipinski definition) is 3. The van der Waals surface area contributed by atoms with Gasteiger partial charge in [0.05, 0.1) is 6.61 Å². The Labute approximate surface area is 147 Å². The van der Waals surface area contributed by atoms with Crippen LogP contribution in [0.5, 0.6) is 0 Å². The maximum absolute atomic E-state index is 13.1. The summed E-state index contributed by atoms with van der Waals surface area (Å²) in [6.45, 7) is 6.32. The van der Waals surface area contributed by atoms with Gasteiger partial charge in [0.1, 0.15) is 0 Å². The van der Waals surface area contributed by atoms with E-state index >= 15 is 0 Å². The van der Waals surface area contributed by atoms with Crippen LogP contribution in [0.3, 0.4) is 0 Å². The molecule has 1 rings (SSSR count). The van der Waals surface area contributed by atoms with E-state index in [-0.39, 0.29) is 31.5 Å². The van der Waals surface area contributed by atoms with Crippen molar-refractivity contribution in [2.45, 2.75) is 46.1 Å². The van der Waals surface area contributed by atoms with Crippen LogP contribution in [0.4, 0.5) is 13.6 Å². The number of rotatable bonds is 9. The molecule has 0 aromatic heterocycles. The molecule has 5 nitrogen and oxygen atoms in total. The minimum atomic E-state index is -0.923. The van der Waals surface area contributed by atoms with Crippen molar-refractivity contribution >= 4 is 12.0 Å². The van der Waals surface area contributed by atoms with Crippen LogP contribution in [-0.2, 0) is 16.0 Å². The monoisotopic (exact) mass is 356 g/mol. The average Bonchev–Trinajstić information content (AvgIpc) is 2.53. The van der Waals surface area contributed by atoms with Crippen molar-refractivity contribution in [2.24, 2.45) is 5.92 Å². The lowest BCUT2D eigenvalue weighted by Gasteiger charge is -2.20. The lowest BCUT2D eigenvalue weighted by molar-refractivity contribution is -0.121. The van der Waals surface area contributed by atoms with Crippen molar-refractivity contribution in [3.8, 4) is 0 Å². The summed E-state index contributed by atoms with van der Waals surface area (Å²) in [4.78, 5) is 23.5. The molecule has 0 saturated heterocycles. The predicted octanol–water partition coefficient (Wildman–Crippen LogP) is 3.17. The highest BCUT2D eigenvalue weighted by atomic mass is 19.2. The second kappa shape index (κ2) is 10.6. The molecule has 1 atom stereocenters. The minimum absolute atomic E-state index is 0.152. The Morgan fingerprint density at radius 2 is 1.92 bits per heavy atom. The van der Waals surface area contributed by atoms with E-state index in [0.29, 0.717) is 24.3 Å². The fraction of sp³-hybridized carbons (Fsp3) is 0.556. The maximum Gasteiger partial charge on any atom is 0.407 e. The van der Waals surface area contributed by atoms with Crippen molar-refractivity contribution in [1.29, 1.82) is 0 Å². The molecule has 0 spiro atoms. The number of hydrogen-bond donors (Lipinski definition) is 2. The summed E-state index contributed by atoms with van der Waals surface area (Å²) in [5, 5.41) is 5.48. The van der Waals surface area contributed by atoms with Gasteiger partial charge in [0.2, 0.25) is 5.91 Å². The number of ether oxygens (including phenoxy) is 1. The van der Waals surface area contributed by atoms with Crippen LogP contribution < -0.4 is 10.6 Å². The Balaban J connectivity index is 2.44. The number of amides is 2. The Bertz CT molecular complexity index is 579. The first-order chi connectivity index (χ1) is 11.8. The number of carbonyl (C=O) groups excluding carboxylic acids is 2. The summed E-state index contributed by atoms with van der Waals surface area (Å²) in [7, 11) is 0. The van der Waals surface area contributed by atoms with E-state index in [4.69, 9.17) is 4.74 Å². The number of halogens is 2. The summed E-state index contributed by atoms with van der Waals surface area (Å²) in [6, 6.07) is 3.36. The van der Waals surface area contributed by atoms with Crippen LogP contribution in [0, 0.1) is 17.6 Å². The summed E-state index contributed by atoms with van der Waals surface area (Å²) < 4.78 is 30.9. The molecule has 2 amide bonds. The number of carbonyl (C=O) groups is 2. The summed E-state index contributed by atoms with van der Waals surface area (Å²) >= 11 is 0. The van der Waals surface area contributed by atoms with Crippen LogP contribution >= 0.6 is 0 Å². The summed E-state index contributed by atoms with van der Waals surface area (Å²) in [5.41, 5.74) is 0.553. The molecule has 1 aromatic carbocycles. The fourth-order valence-corrected chi connectivity index (χ4v) is 2.38. The van der Waals surface area contributed by atoms with Gasteiger partial charge in [0.15, 0.2) is 11.6 Å². The first kappa shape index (κ1) is 20.9. The molecule has 0 heterocycles. The van der Waals surface area contributed by atoms with Crippen LogP contribution in [0.2, 0.25) is 0 Å². The van der Waals surface area contributed by atoms with Gasteiger partial charge < -0.3 is 15.4 Å². The highest BCUT2D eigenvalue weighted by molar-refractivity contribution is 5.76. The largest absolute Gasteiger partial charge is 0.450 e. The molecule has 0 aliphatic carbocycles. The van der Waals surface area contributed by atoms with Gasteiger partial charge >= 0.3 is 6.09 Å². The van der Waals surface area contributed by atoms with Gasteiger partial charge in [0.25, 0.3) is 0 Å². The van der Waals surface area contributed by atoms with E-state index in [2.05, 4.69) is 10.6 Å². The molecular weight excluding hydrogens is 330 g/mol. The molecule has 7 heteroatoms. The SMILES string of the molecule is CCOC(=O)NC(CNC(=O)CCc1ccc(F)c(F)c1)CC(C)C. The van der Waals surface area contributed by atoms with Gasteiger partial charge in [-0.15, -0.1) is 0 Å². The van der Waals surface area contributed by atoms with Crippen molar-refractivity contribution < 1.29 is 23.1 Å². The van der Waals surface area contributed by atoms with E-state index in [1.54, 1.807) is 6.92 Å². The topological polar surface area (TPSA) is 67.4 Å². The van der Waals surface area contributed by atoms with Crippen molar-refractivity contribution in [1.82, 2.24) is 10.6 Å². The lowest BCUT2D eigenvalue weighted by Crippen LogP contribution is -2.44. The standard InChI is InChI=1S/C18H26F2N2O3/c1-4-25-18(24)22-14(9-12(2)3)11-21-17(23)8-6-13-5-7-15(19)16(20)10-13/h5,7,10,12,14H,4,6,8-9,11H2,1-3H3,(H,21,23)(H,22,24). The Morgan fingerprint density at radius 3 is 2.52 bits per heavy atom. The summed E-state index contributed by atoms with van der Waals surface area (Å²) in [5.74, 6) is -1.71. The maximum atomic E-state index is 13.1.